The van der Waals surface area contributed by atoms with Crippen LogP contribution in [0.25, 0.3) is 12.2 Å². The molecule has 0 saturated carbocycles. The smallest absolute Gasteiger partial charge is 0.744 e. The third-order valence-electron chi connectivity index (χ3n) is 9.67. The Morgan fingerprint density at radius 3 is 0.851 bits per heavy atom. The zero-order valence-corrected chi connectivity index (χ0v) is 47.8. The van der Waals surface area contributed by atoms with Crippen LogP contribution in [0.4, 0.5) is 69.8 Å². The third kappa shape index (κ3) is 16.2. The second kappa shape index (κ2) is 24.6. The molecule has 0 aliphatic rings. The summed E-state index contributed by atoms with van der Waals surface area (Å²) in [5.74, 6) is -0.452. The Bertz CT molecular complexity index is 3570. The number of nitrogens with zero attached hydrogens (tertiary/aromatic N) is 6. The first-order valence-electron chi connectivity index (χ1n) is 20.4. The predicted molar refractivity (Wildman–Crippen MR) is 262 cm³/mol. The molecule has 24 nitrogen and oxygen atoms in total. The Kier molecular flexibility index (Phi) is 19.3. The Morgan fingerprint density at radius 2 is 0.595 bits per heavy atom. The molecule has 368 valence electrons. The maximum Gasteiger partial charge on any atom is 1.00 e. The second-order valence-corrected chi connectivity index (χ2v) is 20.4. The van der Waals surface area contributed by atoms with Crippen molar-refractivity contribution in [1.82, 2.24) is 29.9 Å². The first-order chi connectivity index (χ1) is 34.1. The molecule has 0 unspecified atom stereocenters. The minimum absolute atomic E-state index is 0. The van der Waals surface area contributed by atoms with E-state index in [1.807, 2.05) is 0 Å². The maximum atomic E-state index is 12.7. The van der Waals surface area contributed by atoms with Gasteiger partial charge in [0.2, 0.25) is 35.7 Å². The van der Waals surface area contributed by atoms with E-state index < -0.39 is 50.3 Å². The zero-order chi connectivity index (χ0) is 51.3. The van der Waals surface area contributed by atoms with E-state index in [4.69, 9.17) is 0 Å². The fraction of sp³-hybridized carbons (Fsp3) is 0. The standard InChI is InChI=1S/C44H36N12O12S4.2K/c57-69(58,59)35-21-17-31(18-22-35)47-41-51-39(45-29-7-3-1-4-8-29)53-43(55-41)49-33-15-13-27(37(25-33)71(63,64)65)11-12-28-14-16-34(26-38(28)72(66,67)68)50-44-54-40(46-30-9-5-2-6-10-30)52-42(56-44)48-32-19-23-36(24-20-32)70(60,61)62;;/h1-26H,(H,57,58,59)(H,60,61,62)(H,63,64,65)(H,66,67,68)(H3,45,47,49,51,53,55)(H3,46,48,50,52,54,56);;/q;2*+1/p-2. The molecule has 0 aliphatic heterocycles. The van der Waals surface area contributed by atoms with E-state index in [1.54, 1.807) is 60.7 Å². The van der Waals surface area contributed by atoms with Crippen molar-refractivity contribution in [3.8, 4) is 0 Å². The molecular formula is C44H34K2N12O12S4. The van der Waals surface area contributed by atoms with E-state index in [2.05, 4.69) is 61.8 Å². The van der Waals surface area contributed by atoms with Crippen molar-refractivity contribution in [2.24, 2.45) is 0 Å². The minimum atomic E-state index is -5.23. The van der Waals surface area contributed by atoms with Gasteiger partial charge in [-0.15, -0.1) is 0 Å². The predicted octanol–water partition coefficient (Wildman–Crippen LogP) is 0.998. The van der Waals surface area contributed by atoms with E-state index in [0.29, 0.717) is 22.7 Å². The van der Waals surface area contributed by atoms with Gasteiger partial charge < -0.3 is 41.0 Å². The van der Waals surface area contributed by atoms with Crippen LogP contribution in [-0.2, 0) is 40.5 Å². The molecule has 8 aromatic rings. The van der Waals surface area contributed by atoms with Crippen LogP contribution in [0.3, 0.4) is 0 Å². The zero-order valence-electron chi connectivity index (χ0n) is 38.3. The van der Waals surface area contributed by atoms with Gasteiger partial charge in [-0.3, -0.25) is 9.11 Å². The van der Waals surface area contributed by atoms with Crippen LogP contribution in [0.5, 0.6) is 0 Å². The Balaban J connectivity index is 0.00000446. The van der Waals surface area contributed by atoms with Crippen LogP contribution in [-0.4, -0.2) is 81.8 Å². The van der Waals surface area contributed by atoms with Gasteiger partial charge in [-0.2, -0.15) is 46.7 Å². The summed E-state index contributed by atoms with van der Waals surface area (Å²) in [6.45, 7) is 0. The van der Waals surface area contributed by atoms with Crippen molar-refractivity contribution in [2.45, 2.75) is 19.6 Å². The van der Waals surface area contributed by atoms with Crippen molar-refractivity contribution in [3.63, 3.8) is 0 Å². The van der Waals surface area contributed by atoms with Crippen molar-refractivity contribution in [1.29, 1.82) is 0 Å². The average molecular weight is 1130 g/mol. The summed E-state index contributed by atoms with van der Waals surface area (Å²) in [4.78, 5) is 23.8. The first-order valence-corrected chi connectivity index (χ1v) is 26.1. The summed E-state index contributed by atoms with van der Waals surface area (Å²) in [5, 5.41) is 17.5. The Hall–Kier alpha value is -5.21. The fourth-order valence-corrected chi connectivity index (χ4v) is 8.79. The number of anilines is 12. The molecule has 8 rings (SSSR count). The first kappa shape index (κ1) is 58.1. The van der Waals surface area contributed by atoms with Gasteiger partial charge in [0.25, 0.3) is 20.2 Å². The maximum absolute atomic E-state index is 12.7. The van der Waals surface area contributed by atoms with Gasteiger partial charge in [0.1, 0.15) is 20.2 Å². The van der Waals surface area contributed by atoms with Crippen LogP contribution in [0.15, 0.2) is 165 Å². The van der Waals surface area contributed by atoms with E-state index >= 15 is 0 Å². The largest absolute Gasteiger partial charge is 1.00 e. The molecule has 0 atom stereocenters. The van der Waals surface area contributed by atoms with Crippen LogP contribution < -0.4 is 135 Å². The van der Waals surface area contributed by atoms with Crippen LogP contribution >= 0.6 is 0 Å². The number of aromatic nitrogens is 6. The topological polar surface area (TPSA) is 373 Å². The normalized spacial score (nSPS) is 11.7. The van der Waals surface area contributed by atoms with Crippen molar-refractivity contribution < 1.29 is 155 Å². The Morgan fingerprint density at radius 1 is 0.351 bits per heavy atom. The van der Waals surface area contributed by atoms with E-state index in [9.17, 15) is 51.9 Å². The van der Waals surface area contributed by atoms with Gasteiger partial charge >= 0.3 is 103 Å². The fourth-order valence-electron chi connectivity index (χ4n) is 6.44. The summed E-state index contributed by atoms with van der Waals surface area (Å²) in [7, 11) is -19.4. The molecule has 6 aromatic carbocycles. The van der Waals surface area contributed by atoms with E-state index in [1.165, 1.54) is 48.5 Å². The summed E-state index contributed by atoms with van der Waals surface area (Å²) in [6.07, 6.45) is 2.25. The average Bonchev–Trinajstić information content (AvgIpc) is 3.31. The molecule has 8 N–H and O–H groups in total. The monoisotopic (exact) mass is 1130 g/mol. The molecule has 0 spiro atoms. The minimum Gasteiger partial charge on any atom is -0.744 e. The molecule has 0 aliphatic carbocycles. The molecule has 2 aromatic heterocycles. The molecule has 0 bridgehead atoms. The Labute approximate surface area is 508 Å². The van der Waals surface area contributed by atoms with E-state index in [0.717, 1.165) is 48.6 Å². The number of nitrogens with one attached hydrogen (secondary N) is 6. The molecule has 0 fully saturated rings. The molecule has 2 heterocycles. The number of rotatable bonds is 18. The second-order valence-electron chi connectivity index (χ2n) is 14.8. The summed E-state index contributed by atoms with van der Waals surface area (Å²) in [5.41, 5.74) is 1.41. The quantitative estimate of drug-likeness (QED) is 0.0337. The summed E-state index contributed by atoms with van der Waals surface area (Å²) >= 11 is 0. The van der Waals surface area contributed by atoms with Gasteiger partial charge in [0.15, 0.2) is 0 Å². The van der Waals surface area contributed by atoms with E-state index in [-0.39, 0.29) is 171 Å². The molecule has 30 heteroatoms. The van der Waals surface area contributed by atoms with Gasteiger partial charge in [-0.25, -0.2) is 16.8 Å². The molecule has 0 amide bonds. The SMILES string of the molecule is O=S(=O)([O-])c1cc(Nc2nc(Nc3ccccc3)nc(Nc3ccc(S(=O)(=O)O)cc3)n2)ccc1C=Cc1ccc(Nc2nc(Nc3ccccc3)nc(Nc3ccc(S(=O)(=O)O)cc3)n2)cc1S(=O)(=O)[O-].[K+].[K+]. The van der Waals surface area contributed by atoms with Gasteiger partial charge in [0.05, 0.1) is 19.6 Å². The summed E-state index contributed by atoms with van der Waals surface area (Å²) < 4.78 is 141. The van der Waals surface area contributed by atoms with Crippen LogP contribution in [0.2, 0.25) is 0 Å². The van der Waals surface area contributed by atoms with Gasteiger partial charge in [0, 0.05) is 34.1 Å². The molecule has 74 heavy (non-hydrogen) atoms. The van der Waals surface area contributed by atoms with Gasteiger partial charge in [-0.1, -0.05) is 60.7 Å². The third-order valence-corrected chi connectivity index (χ3v) is 13.2. The summed E-state index contributed by atoms with van der Waals surface area (Å²) in [6, 6.07) is 34.7. The van der Waals surface area contributed by atoms with Crippen molar-refractivity contribution in [3.05, 3.63) is 157 Å². The molecular weight excluding hydrogens is 1100 g/mol. The number of hydrogen-bond donors (Lipinski definition) is 8. The van der Waals surface area contributed by atoms with Crippen LogP contribution in [0.1, 0.15) is 11.1 Å². The molecule has 0 radical (unpaired) electrons. The molecule has 0 saturated heterocycles. The van der Waals surface area contributed by atoms with Crippen molar-refractivity contribution in [2.75, 3.05) is 31.9 Å². The number of para-hydroxylation sites is 2. The van der Waals surface area contributed by atoms with Crippen LogP contribution in [0, 0.1) is 0 Å². The van der Waals surface area contributed by atoms with Gasteiger partial charge in [-0.05, 0) is 108 Å². The van der Waals surface area contributed by atoms with Crippen molar-refractivity contribution >= 4 is 122 Å². The number of benzene rings is 6. The number of hydrogen-bond acceptors (Lipinski definition) is 22.